The number of benzene rings is 2. The first-order valence-corrected chi connectivity index (χ1v) is 12.6. The predicted octanol–water partition coefficient (Wildman–Crippen LogP) is 6.26. The van der Waals surface area contributed by atoms with Crippen LogP contribution in [-0.2, 0) is 21.9 Å². The van der Waals surface area contributed by atoms with E-state index in [0.29, 0.717) is 28.8 Å². The summed E-state index contributed by atoms with van der Waals surface area (Å²) in [5.74, 6) is 0.524. The highest BCUT2D eigenvalue weighted by Crippen LogP contribution is 2.28. The van der Waals surface area contributed by atoms with E-state index < -0.39 is 6.04 Å². The molecule has 0 unspecified atom stereocenters. The molecule has 1 atom stereocenters. The van der Waals surface area contributed by atoms with Gasteiger partial charge in [-0.15, -0.1) is 11.8 Å². The number of carbonyl (C=O) groups is 2. The lowest BCUT2D eigenvalue weighted by Crippen LogP contribution is -2.53. The summed E-state index contributed by atoms with van der Waals surface area (Å²) in [5, 5.41) is 4.20. The van der Waals surface area contributed by atoms with Crippen molar-refractivity contribution < 1.29 is 9.59 Å². The molecule has 0 aliphatic rings. The second kappa shape index (κ2) is 12.0. The second-order valence-corrected chi connectivity index (χ2v) is 10.7. The summed E-state index contributed by atoms with van der Waals surface area (Å²) in [6.07, 6.45) is 0.528. The molecule has 2 aromatic rings. The summed E-state index contributed by atoms with van der Waals surface area (Å²) in [7, 11) is 0. The van der Waals surface area contributed by atoms with Gasteiger partial charge in [0.15, 0.2) is 0 Å². The van der Waals surface area contributed by atoms with Crippen molar-refractivity contribution in [1.29, 1.82) is 0 Å². The van der Waals surface area contributed by atoms with Gasteiger partial charge in [0.2, 0.25) is 11.8 Å². The number of nitrogens with zero attached hydrogens (tertiary/aromatic N) is 1. The van der Waals surface area contributed by atoms with Crippen molar-refractivity contribution in [1.82, 2.24) is 10.2 Å². The molecule has 0 bridgehead atoms. The van der Waals surface area contributed by atoms with E-state index >= 15 is 0 Å². The largest absolute Gasteiger partial charge is 0.350 e. The maximum Gasteiger partial charge on any atom is 0.243 e. The number of carbonyl (C=O) groups excluding carboxylic acids is 2. The van der Waals surface area contributed by atoms with Gasteiger partial charge >= 0.3 is 0 Å². The molecule has 0 saturated carbocycles. The smallest absolute Gasteiger partial charge is 0.243 e. The number of rotatable bonds is 9. The zero-order chi connectivity index (χ0) is 23.9. The van der Waals surface area contributed by atoms with Gasteiger partial charge in [0, 0.05) is 27.9 Å². The number of nitrogens with one attached hydrogen (secondary N) is 1. The molecule has 7 heteroatoms. The molecule has 0 aliphatic heterocycles. The van der Waals surface area contributed by atoms with Crippen LogP contribution >= 0.6 is 35.0 Å². The highest BCUT2D eigenvalue weighted by molar-refractivity contribution is 7.99. The summed E-state index contributed by atoms with van der Waals surface area (Å²) in [4.78, 5) is 28.0. The van der Waals surface area contributed by atoms with Crippen molar-refractivity contribution in [3.8, 4) is 0 Å². The Morgan fingerprint density at radius 1 is 1.09 bits per heavy atom. The van der Waals surface area contributed by atoms with E-state index in [2.05, 4.69) is 5.32 Å². The lowest BCUT2D eigenvalue weighted by Gasteiger charge is -2.33. The molecule has 1 N–H and O–H groups in total. The van der Waals surface area contributed by atoms with Crippen molar-refractivity contribution in [2.24, 2.45) is 0 Å². The number of halogens is 2. The first-order chi connectivity index (χ1) is 15.0. The van der Waals surface area contributed by atoms with Gasteiger partial charge < -0.3 is 10.2 Å². The van der Waals surface area contributed by atoms with Crippen LogP contribution in [-0.4, -0.2) is 34.0 Å². The first kappa shape index (κ1) is 26.6. The maximum absolute atomic E-state index is 13.3. The highest BCUT2D eigenvalue weighted by Gasteiger charge is 2.30. The van der Waals surface area contributed by atoms with Crippen molar-refractivity contribution in [2.75, 3.05) is 5.75 Å². The third-order valence-electron chi connectivity index (χ3n) is 4.85. The first-order valence-electron chi connectivity index (χ1n) is 10.7. The van der Waals surface area contributed by atoms with Gasteiger partial charge in [0.1, 0.15) is 6.04 Å². The molecule has 0 fully saturated rings. The standard InChI is InChI=1S/C25H32Cl2N2O2S/c1-6-22(24(31)28-25(3,4)5)29(14-18-10-7-9-17(2)13-18)23(30)16-32-15-19-20(26)11-8-12-21(19)27/h7-13,22H,6,14-16H2,1-5H3,(H,28,31)/t22-/m1/s1. The molecule has 2 rings (SSSR count). The number of hydrogen-bond acceptors (Lipinski definition) is 3. The van der Waals surface area contributed by atoms with Crippen LogP contribution < -0.4 is 5.32 Å². The van der Waals surface area contributed by atoms with E-state index in [1.165, 1.54) is 11.8 Å². The fourth-order valence-electron chi connectivity index (χ4n) is 3.37. The predicted molar refractivity (Wildman–Crippen MR) is 136 cm³/mol. The van der Waals surface area contributed by atoms with Crippen LogP contribution in [0, 0.1) is 6.92 Å². The minimum absolute atomic E-state index is 0.0874. The van der Waals surface area contributed by atoms with Crippen molar-refractivity contribution in [3.05, 3.63) is 69.2 Å². The van der Waals surface area contributed by atoms with E-state index in [0.717, 1.165) is 16.7 Å². The van der Waals surface area contributed by atoms with E-state index in [-0.39, 0.29) is 23.1 Å². The fourth-order valence-corrected chi connectivity index (χ4v) is 5.02. The fraction of sp³-hybridized carbons (Fsp3) is 0.440. The molecule has 0 saturated heterocycles. The zero-order valence-electron chi connectivity index (χ0n) is 19.4. The number of aryl methyl sites for hydroxylation is 1. The van der Waals surface area contributed by atoms with Crippen LogP contribution in [0.25, 0.3) is 0 Å². The molecule has 0 aromatic heterocycles. The van der Waals surface area contributed by atoms with Crippen molar-refractivity contribution in [3.63, 3.8) is 0 Å². The second-order valence-electron chi connectivity index (χ2n) is 8.87. The van der Waals surface area contributed by atoms with E-state index in [1.54, 1.807) is 23.1 Å². The maximum atomic E-state index is 13.3. The summed E-state index contributed by atoms with van der Waals surface area (Å²) in [6.45, 7) is 10.1. The number of thioether (sulfide) groups is 1. The molecule has 0 heterocycles. The van der Waals surface area contributed by atoms with E-state index in [4.69, 9.17) is 23.2 Å². The average molecular weight is 496 g/mol. The summed E-state index contributed by atoms with van der Waals surface area (Å²) in [5.41, 5.74) is 2.55. The molecule has 4 nitrogen and oxygen atoms in total. The topological polar surface area (TPSA) is 49.4 Å². The minimum atomic E-state index is -0.549. The Hall–Kier alpha value is -1.69. The monoisotopic (exact) mass is 494 g/mol. The third-order valence-corrected chi connectivity index (χ3v) is 6.51. The minimum Gasteiger partial charge on any atom is -0.350 e. The lowest BCUT2D eigenvalue weighted by molar-refractivity contribution is -0.140. The molecule has 174 valence electrons. The van der Waals surface area contributed by atoms with Gasteiger partial charge in [-0.1, -0.05) is 66.0 Å². The molecule has 0 aliphatic carbocycles. The van der Waals surface area contributed by atoms with Gasteiger partial charge in [0.05, 0.1) is 5.75 Å². The normalized spacial score (nSPS) is 12.3. The van der Waals surface area contributed by atoms with Gasteiger partial charge in [-0.25, -0.2) is 0 Å². The van der Waals surface area contributed by atoms with Gasteiger partial charge in [-0.3, -0.25) is 9.59 Å². The van der Waals surface area contributed by atoms with Gasteiger partial charge in [0.25, 0.3) is 0 Å². The van der Waals surface area contributed by atoms with Crippen LogP contribution in [0.3, 0.4) is 0 Å². The van der Waals surface area contributed by atoms with E-state index in [9.17, 15) is 9.59 Å². The van der Waals surface area contributed by atoms with Crippen LogP contribution in [0.5, 0.6) is 0 Å². The molecule has 0 spiro atoms. The molecule has 2 aromatic carbocycles. The summed E-state index contributed by atoms with van der Waals surface area (Å²) >= 11 is 14.0. The summed E-state index contributed by atoms with van der Waals surface area (Å²) < 4.78 is 0. The van der Waals surface area contributed by atoms with Gasteiger partial charge in [-0.05, 0) is 57.4 Å². The Morgan fingerprint density at radius 3 is 2.28 bits per heavy atom. The van der Waals surface area contributed by atoms with Crippen LogP contribution in [0.2, 0.25) is 10.0 Å². The van der Waals surface area contributed by atoms with Crippen LogP contribution in [0.1, 0.15) is 50.8 Å². The quantitative estimate of drug-likeness (QED) is 0.447. The highest BCUT2D eigenvalue weighted by atomic mass is 35.5. The van der Waals surface area contributed by atoms with Crippen molar-refractivity contribution in [2.45, 2.75) is 64.9 Å². The Kier molecular flexibility index (Phi) is 9.93. The lowest BCUT2D eigenvalue weighted by atomic mass is 10.1. The summed E-state index contributed by atoms with van der Waals surface area (Å²) in [6, 6.07) is 12.8. The molecular weight excluding hydrogens is 463 g/mol. The Labute approximate surface area is 206 Å². The van der Waals surface area contributed by atoms with Crippen LogP contribution in [0.15, 0.2) is 42.5 Å². The third kappa shape index (κ3) is 8.02. The average Bonchev–Trinajstić information content (AvgIpc) is 2.68. The molecule has 2 amide bonds. The van der Waals surface area contributed by atoms with Gasteiger partial charge in [-0.2, -0.15) is 0 Å². The van der Waals surface area contributed by atoms with E-state index in [1.807, 2.05) is 58.9 Å². The zero-order valence-corrected chi connectivity index (χ0v) is 21.7. The number of hydrogen-bond donors (Lipinski definition) is 1. The molecule has 0 radical (unpaired) electrons. The molecule has 32 heavy (non-hydrogen) atoms. The SMILES string of the molecule is CC[C@H](C(=O)NC(C)(C)C)N(Cc1cccc(C)c1)C(=O)CSCc1c(Cl)cccc1Cl. The Bertz CT molecular complexity index is 924. The Morgan fingerprint density at radius 2 is 1.72 bits per heavy atom. The Balaban J connectivity index is 2.20. The van der Waals surface area contributed by atoms with Crippen LogP contribution in [0.4, 0.5) is 0 Å². The van der Waals surface area contributed by atoms with Crippen molar-refractivity contribution >= 4 is 46.8 Å². The molecular formula is C25H32Cl2N2O2S. The number of amides is 2.